The van der Waals surface area contributed by atoms with Crippen LogP contribution in [-0.4, -0.2) is 24.2 Å². The zero-order valence-electron chi connectivity index (χ0n) is 16.1. The predicted octanol–water partition coefficient (Wildman–Crippen LogP) is 3.45. The number of allylic oxidation sites excluding steroid dienone is 3. The smallest absolute Gasteiger partial charge is 0.267 e. The van der Waals surface area contributed by atoms with Crippen LogP contribution in [0.4, 0.5) is 0 Å². The fraction of sp³-hybridized carbons (Fsp3) is 0.318. The molecule has 1 aromatic carbocycles. The number of hydrogen-bond acceptors (Lipinski definition) is 4. The predicted molar refractivity (Wildman–Crippen MR) is 110 cm³/mol. The standard InChI is InChI=1S/C22H29N3O2/c1-3-4-14-24-21-11-10-20(17(21)2)13-15-23-16-19-7-5-18(6-8-19)9-12-22(26)25-27/h3-10,12,23-24,27H,11,13-16H2,1-2H3,(H,25,26)/b4-3-,12-9+. The van der Waals surface area contributed by atoms with Crippen molar-refractivity contribution >= 4 is 12.0 Å². The molecule has 1 aliphatic carbocycles. The molecule has 27 heavy (non-hydrogen) atoms. The molecule has 0 saturated carbocycles. The molecule has 5 heteroatoms. The molecule has 0 aromatic heterocycles. The van der Waals surface area contributed by atoms with E-state index >= 15 is 0 Å². The molecule has 4 N–H and O–H groups in total. The molecule has 0 atom stereocenters. The van der Waals surface area contributed by atoms with Gasteiger partial charge in [0.15, 0.2) is 0 Å². The van der Waals surface area contributed by atoms with E-state index in [0.717, 1.165) is 38.0 Å². The van der Waals surface area contributed by atoms with Crippen LogP contribution in [0.3, 0.4) is 0 Å². The van der Waals surface area contributed by atoms with Crippen molar-refractivity contribution in [3.63, 3.8) is 0 Å². The summed E-state index contributed by atoms with van der Waals surface area (Å²) in [7, 11) is 0. The van der Waals surface area contributed by atoms with Crippen LogP contribution in [0.2, 0.25) is 0 Å². The molecule has 5 nitrogen and oxygen atoms in total. The summed E-state index contributed by atoms with van der Waals surface area (Å²) < 4.78 is 0. The molecule has 0 spiro atoms. The number of amides is 1. The zero-order chi connectivity index (χ0) is 19.5. The van der Waals surface area contributed by atoms with E-state index in [1.54, 1.807) is 11.6 Å². The van der Waals surface area contributed by atoms with Gasteiger partial charge in [0, 0.05) is 31.3 Å². The monoisotopic (exact) mass is 367 g/mol. The van der Waals surface area contributed by atoms with Gasteiger partial charge in [-0.1, -0.05) is 42.5 Å². The first kappa shape index (κ1) is 20.7. The van der Waals surface area contributed by atoms with E-state index in [0.29, 0.717) is 0 Å². The zero-order valence-corrected chi connectivity index (χ0v) is 16.1. The van der Waals surface area contributed by atoms with Crippen molar-refractivity contribution < 1.29 is 10.0 Å². The number of benzene rings is 1. The Morgan fingerprint density at radius 1 is 1.26 bits per heavy atom. The summed E-state index contributed by atoms with van der Waals surface area (Å²) in [4.78, 5) is 11.0. The van der Waals surface area contributed by atoms with E-state index in [1.807, 2.05) is 31.2 Å². The van der Waals surface area contributed by atoms with Gasteiger partial charge in [0.05, 0.1) is 0 Å². The highest BCUT2D eigenvalue weighted by Crippen LogP contribution is 2.26. The fourth-order valence-corrected chi connectivity index (χ4v) is 2.93. The number of nitrogens with one attached hydrogen (secondary N) is 3. The van der Waals surface area contributed by atoms with Gasteiger partial charge in [-0.05, 0) is 55.2 Å². The number of hydroxylamine groups is 1. The van der Waals surface area contributed by atoms with Crippen LogP contribution in [0.15, 0.2) is 65.4 Å². The van der Waals surface area contributed by atoms with Gasteiger partial charge in [0.1, 0.15) is 0 Å². The van der Waals surface area contributed by atoms with Gasteiger partial charge in [-0.2, -0.15) is 0 Å². The van der Waals surface area contributed by atoms with Gasteiger partial charge >= 0.3 is 0 Å². The lowest BCUT2D eigenvalue weighted by atomic mass is 10.1. The summed E-state index contributed by atoms with van der Waals surface area (Å²) in [5.74, 6) is -0.536. The third kappa shape index (κ3) is 6.89. The third-order valence-electron chi connectivity index (χ3n) is 4.57. The highest BCUT2D eigenvalue weighted by Gasteiger charge is 2.12. The molecule has 0 saturated heterocycles. The molecule has 2 rings (SSSR count). The van der Waals surface area contributed by atoms with Crippen LogP contribution in [0.5, 0.6) is 0 Å². The molecule has 0 fully saturated rings. The van der Waals surface area contributed by atoms with E-state index in [9.17, 15) is 4.79 Å². The van der Waals surface area contributed by atoms with Crippen LogP contribution in [0.25, 0.3) is 6.08 Å². The van der Waals surface area contributed by atoms with Crippen molar-refractivity contribution in [1.29, 1.82) is 0 Å². The van der Waals surface area contributed by atoms with Crippen LogP contribution in [0.1, 0.15) is 37.8 Å². The molecule has 1 aliphatic rings. The molecule has 0 aliphatic heterocycles. The summed E-state index contributed by atoms with van der Waals surface area (Å²) in [6, 6.07) is 7.97. The van der Waals surface area contributed by atoms with Gasteiger partial charge < -0.3 is 10.6 Å². The SMILES string of the molecule is C/C=C\CNC1=C(C)C(CCNCc2ccc(/C=C/C(=O)NO)cc2)=CC1. The van der Waals surface area contributed by atoms with E-state index in [2.05, 4.69) is 35.8 Å². The molecule has 0 heterocycles. The Hall–Kier alpha value is -2.63. The first-order valence-corrected chi connectivity index (χ1v) is 9.30. The minimum atomic E-state index is -0.536. The summed E-state index contributed by atoms with van der Waals surface area (Å²) >= 11 is 0. The second kappa shape index (κ2) is 11.2. The minimum absolute atomic E-state index is 0.536. The van der Waals surface area contributed by atoms with Gasteiger partial charge in [0.25, 0.3) is 5.91 Å². The van der Waals surface area contributed by atoms with Crippen molar-refractivity contribution in [2.24, 2.45) is 0 Å². The quantitative estimate of drug-likeness (QED) is 0.168. The average molecular weight is 367 g/mol. The first-order valence-electron chi connectivity index (χ1n) is 9.30. The maximum atomic E-state index is 11.0. The molecule has 1 aromatic rings. The molecular formula is C22H29N3O2. The maximum absolute atomic E-state index is 11.0. The van der Waals surface area contributed by atoms with Crippen molar-refractivity contribution in [3.8, 4) is 0 Å². The minimum Gasteiger partial charge on any atom is -0.384 e. The largest absolute Gasteiger partial charge is 0.384 e. The molecule has 0 bridgehead atoms. The summed E-state index contributed by atoms with van der Waals surface area (Å²) in [6.07, 6.45) is 11.5. The van der Waals surface area contributed by atoms with E-state index in [-0.39, 0.29) is 0 Å². The van der Waals surface area contributed by atoms with Gasteiger partial charge in [-0.15, -0.1) is 0 Å². The highest BCUT2D eigenvalue weighted by atomic mass is 16.5. The van der Waals surface area contributed by atoms with E-state index in [4.69, 9.17) is 5.21 Å². The normalized spacial score (nSPS) is 14.3. The Morgan fingerprint density at radius 3 is 2.74 bits per heavy atom. The maximum Gasteiger partial charge on any atom is 0.267 e. The second-order valence-electron chi connectivity index (χ2n) is 6.46. The number of rotatable bonds is 10. The van der Waals surface area contributed by atoms with Gasteiger partial charge in [-0.25, -0.2) is 5.48 Å². The number of carbonyl (C=O) groups is 1. The Bertz CT molecular complexity index is 743. The molecule has 0 radical (unpaired) electrons. The van der Waals surface area contributed by atoms with E-state index < -0.39 is 5.91 Å². The lowest BCUT2D eigenvalue weighted by molar-refractivity contribution is -0.124. The highest BCUT2D eigenvalue weighted by molar-refractivity contribution is 5.90. The van der Waals surface area contributed by atoms with Crippen LogP contribution in [-0.2, 0) is 11.3 Å². The third-order valence-corrected chi connectivity index (χ3v) is 4.57. The number of hydrogen-bond donors (Lipinski definition) is 4. The summed E-state index contributed by atoms with van der Waals surface area (Å²) in [5.41, 5.74) is 7.82. The lowest BCUT2D eigenvalue weighted by Gasteiger charge is -2.09. The molecule has 144 valence electrons. The summed E-state index contributed by atoms with van der Waals surface area (Å²) in [6.45, 7) is 6.86. The molecule has 0 unspecified atom stereocenters. The summed E-state index contributed by atoms with van der Waals surface area (Å²) in [5, 5.41) is 15.4. The van der Waals surface area contributed by atoms with E-state index in [1.165, 1.54) is 28.5 Å². The van der Waals surface area contributed by atoms with Crippen LogP contribution < -0.4 is 16.1 Å². The topological polar surface area (TPSA) is 73.4 Å². The van der Waals surface area contributed by atoms with Gasteiger partial charge in [0.2, 0.25) is 0 Å². The van der Waals surface area contributed by atoms with Crippen molar-refractivity contribution in [1.82, 2.24) is 16.1 Å². The Balaban J connectivity index is 1.72. The molecule has 1 amide bonds. The van der Waals surface area contributed by atoms with Gasteiger partial charge in [-0.3, -0.25) is 10.0 Å². The number of carbonyl (C=O) groups excluding carboxylic acids is 1. The van der Waals surface area contributed by atoms with Crippen molar-refractivity contribution in [2.75, 3.05) is 13.1 Å². The lowest BCUT2D eigenvalue weighted by Crippen LogP contribution is -2.16. The Kier molecular flexibility index (Phi) is 8.55. The Morgan fingerprint density at radius 2 is 2.04 bits per heavy atom. The van der Waals surface area contributed by atoms with Crippen molar-refractivity contribution in [3.05, 3.63) is 76.5 Å². The fourth-order valence-electron chi connectivity index (χ4n) is 2.93. The molecular weight excluding hydrogens is 338 g/mol. The van der Waals surface area contributed by atoms with Crippen LogP contribution >= 0.6 is 0 Å². The van der Waals surface area contributed by atoms with Crippen LogP contribution in [0, 0.1) is 0 Å². The average Bonchev–Trinajstić information content (AvgIpc) is 3.04. The Labute approximate surface area is 161 Å². The van der Waals surface area contributed by atoms with Crippen molar-refractivity contribution in [2.45, 2.75) is 33.2 Å². The second-order valence-corrected chi connectivity index (χ2v) is 6.46. The first-order chi connectivity index (χ1) is 13.1.